The van der Waals surface area contributed by atoms with Crippen LogP contribution in [0.4, 0.5) is 0 Å². The van der Waals surface area contributed by atoms with Crippen LogP contribution in [0.2, 0.25) is 36.3 Å². The van der Waals surface area contributed by atoms with Crippen molar-refractivity contribution in [2.24, 2.45) is 11.8 Å². The van der Waals surface area contributed by atoms with E-state index in [0.717, 1.165) is 12.8 Å². The lowest BCUT2D eigenvalue weighted by Gasteiger charge is -2.40. The summed E-state index contributed by atoms with van der Waals surface area (Å²) in [4.78, 5) is 13.0. The van der Waals surface area contributed by atoms with E-state index in [0.29, 0.717) is 12.2 Å². The summed E-state index contributed by atoms with van der Waals surface area (Å²) in [6, 6.07) is 0. The first-order chi connectivity index (χ1) is 15.0. The molecular weight excluding hydrogens is 440 g/mol. The lowest BCUT2D eigenvalue weighted by atomic mass is 9.90. The largest absolute Gasteiger partial charge is 0.413 e. The minimum atomic E-state index is -1.98. The van der Waals surface area contributed by atoms with Gasteiger partial charge in [0.25, 0.3) is 0 Å². The summed E-state index contributed by atoms with van der Waals surface area (Å²) in [7, 11) is -3.86. The van der Waals surface area contributed by atoms with E-state index in [1.165, 1.54) is 19.3 Å². The number of Topliss-reactive ketones (excluding diaryl/α,β-unsaturated/α-hetero) is 1. The van der Waals surface area contributed by atoms with Crippen LogP contribution in [-0.2, 0) is 13.6 Å². The molecule has 0 aromatic heterocycles. The Labute approximate surface area is 208 Å². The van der Waals surface area contributed by atoms with E-state index in [9.17, 15) is 4.79 Å². The topological polar surface area (TPSA) is 35.5 Å². The summed E-state index contributed by atoms with van der Waals surface area (Å²) in [6.07, 6.45) is 12.4. The van der Waals surface area contributed by atoms with Gasteiger partial charge in [-0.1, -0.05) is 86.0 Å². The van der Waals surface area contributed by atoms with Crippen molar-refractivity contribution in [1.82, 2.24) is 0 Å². The third-order valence-corrected chi connectivity index (χ3v) is 17.3. The molecule has 0 aliphatic heterocycles. The summed E-state index contributed by atoms with van der Waals surface area (Å²) in [6.45, 7) is 29.1. The maximum Gasteiger partial charge on any atom is 0.192 e. The molecule has 3 nitrogen and oxygen atoms in total. The molecule has 192 valence electrons. The van der Waals surface area contributed by atoms with E-state index in [1.54, 1.807) is 0 Å². The molecule has 0 radical (unpaired) electrons. The first-order valence-corrected chi connectivity index (χ1v) is 19.0. The molecule has 0 bridgehead atoms. The van der Waals surface area contributed by atoms with Gasteiger partial charge in [-0.05, 0) is 49.1 Å². The van der Waals surface area contributed by atoms with Crippen molar-refractivity contribution in [3.63, 3.8) is 0 Å². The van der Waals surface area contributed by atoms with Gasteiger partial charge in [0.1, 0.15) is 5.78 Å². The van der Waals surface area contributed by atoms with Crippen LogP contribution in [0, 0.1) is 11.8 Å². The SMILES string of the molecule is C=CC[C@H]1C(=O)C[C@H](O[Si](C)(C)C(C)(C)C)[C@H]1C=C[C@H](CCCCC)O[Si](C)(C)C(C)(C)C. The normalized spacial score (nSPS) is 24.0. The van der Waals surface area contributed by atoms with Gasteiger partial charge in [-0.25, -0.2) is 0 Å². The van der Waals surface area contributed by atoms with E-state index in [-0.39, 0.29) is 34.1 Å². The van der Waals surface area contributed by atoms with E-state index in [4.69, 9.17) is 8.85 Å². The number of carbonyl (C=O) groups excluding carboxylic acids is 1. The molecule has 1 aliphatic carbocycles. The lowest BCUT2D eigenvalue weighted by molar-refractivity contribution is -0.121. The van der Waals surface area contributed by atoms with Crippen molar-refractivity contribution >= 4 is 22.4 Å². The molecule has 0 heterocycles. The predicted molar refractivity (Wildman–Crippen MR) is 149 cm³/mol. The van der Waals surface area contributed by atoms with Gasteiger partial charge in [0.05, 0.1) is 12.2 Å². The number of ketones is 1. The summed E-state index contributed by atoms with van der Waals surface area (Å²) in [5.74, 6) is 0.389. The highest BCUT2D eigenvalue weighted by atomic mass is 28.4. The van der Waals surface area contributed by atoms with Gasteiger partial charge in [0, 0.05) is 18.3 Å². The Balaban J connectivity index is 3.20. The Morgan fingerprint density at radius 1 is 1.03 bits per heavy atom. The van der Waals surface area contributed by atoms with Crippen LogP contribution in [0.25, 0.3) is 0 Å². The minimum absolute atomic E-state index is 0.0299. The van der Waals surface area contributed by atoms with Gasteiger partial charge in [-0.3, -0.25) is 4.79 Å². The maximum absolute atomic E-state index is 13.0. The van der Waals surface area contributed by atoms with Gasteiger partial charge in [0.15, 0.2) is 16.6 Å². The molecule has 1 rings (SSSR count). The van der Waals surface area contributed by atoms with Gasteiger partial charge < -0.3 is 8.85 Å². The molecule has 1 saturated carbocycles. The molecule has 4 atom stereocenters. The monoisotopic (exact) mass is 494 g/mol. The standard InChI is InChI=1S/C28H54O3Si2/c1-13-15-16-18-22(30-32(9,10)27(3,4)5)19-20-24-23(17-14-2)25(29)21-26(24)31-33(11,12)28(6,7)8/h14,19-20,22-24,26H,2,13,15-18,21H2,1,3-12H3/t22-,23+,24-,26-/m0/s1. The molecule has 0 N–H and O–H groups in total. The predicted octanol–water partition coefficient (Wildman–Crippen LogP) is 8.69. The van der Waals surface area contributed by atoms with E-state index < -0.39 is 16.6 Å². The Morgan fingerprint density at radius 3 is 2.09 bits per heavy atom. The van der Waals surface area contributed by atoms with Crippen LogP contribution in [0.5, 0.6) is 0 Å². The molecule has 0 spiro atoms. The Morgan fingerprint density at radius 2 is 1.61 bits per heavy atom. The smallest absolute Gasteiger partial charge is 0.192 e. The third-order valence-electron chi connectivity index (χ3n) is 8.28. The van der Waals surface area contributed by atoms with Crippen molar-refractivity contribution in [2.75, 3.05) is 0 Å². The Hall–Kier alpha value is -0.496. The first-order valence-electron chi connectivity index (χ1n) is 13.1. The second kappa shape index (κ2) is 12.0. The average Bonchev–Trinajstić information content (AvgIpc) is 2.92. The third kappa shape index (κ3) is 8.59. The molecule has 1 aliphatic rings. The van der Waals surface area contributed by atoms with Crippen LogP contribution >= 0.6 is 0 Å². The van der Waals surface area contributed by atoms with Gasteiger partial charge >= 0.3 is 0 Å². The quantitative estimate of drug-likeness (QED) is 0.155. The molecule has 0 unspecified atom stereocenters. The van der Waals surface area contributed by atoms with Crippen LogP contribution in [0.15, 0.2) is 24.8 Å². The fourth-order valence-electron chi connectivity index (χ4n) is 3.96. The van der Waals surface area contributed by atoms with E-state index in [1.807, 2.05) is 6.08 Å². The Bertz CT molecular complexity index is 668. The molecule has 5 heteroatoms. The van der Waals surface area contributed by atoms with Crippen molar-refractivity contribution in [1.29, 1.82) is 0 Å². The highest BCUT2D eigenvalue weighted by molar-refractivity contribution is 6.74. The highest BCUT2D eigenvalue weighted by Gasteiger charge is 2.47. The minimum Gasteiger partial charge on any atom is -0.413 e. The zero-order valence-corrected chi connectivity index (χ0v) is 25.7. The summed E-state index contributed by atoms with van der Waals surface area (Å²) < 4.78 is 13.6. The van der Waals surface area contributed by atoms with Gasteiger partial charge in [0.2, 0.25) is 0 Å². The zero-order chi connectivity index (χ0) is 25.7. The van der Waals surface area contributed by atoms with Crippen LogP contribution in [0.3, 0.4) is 0 Å². The summed E-state index contributed by atoms with van der Waals surface area (Å²) >= 11 is 0. The fourth-order valence-corrected chi connectivity index (χ4v) is 6.62. The van der Waals surface area contributed by atoms with Gasteiger partial charge in [-0.2, -0.15) is 0 Å². The number of unbranched alkanes of at least 4 members (excludes halogenated alkanes) is 2. The van der Waals surface area contributed by atoms with Crippen molar-refractivity contribution in [3.05, 3.63) is 24.8 Å². The summed E-state index contributed by atoms with van der Waals surface area (Å²) in [5, 5.41) is 0.293. The maximum atomic E-state index is 13.0. The van der Waals surface area contributed by atoms with Crippen LogP contribution in [0.1, 0.15) is 87.0 Å². The molecule has 0 amide bonds. The van der Waals surface area contributed by atoms with Crippen LogP contribution in [-0.4, -0.2) is 34.6 Å². The molecule has 0 aromatic rings. The summed E-state index contributed by atoms with van der Waals surface area (Å²) in [5.41, 5.74) is 0. The van der Waals surface area contributed by atoms with Crippen LogP contribution < -0.4 is 0 Å². The zero-order valence-electron chi connectivity index (χ0n) is 23.7. The molecular formula is C28H54O3Si2. The first kappa shape index (κ1) is 30.5. The molecule has 0 saturated heterocycles. The molecule has 33 heavy (non-hydrogen) atoms. The highest BCUT2D eigenvalue weighted by Crippen LogP contribution is 2.43. The number of hydrogen-bond donors (Lipinski definition) is 0. The second-order valence-electron chi connectivity index (χ2n) is 13.1. The number of hydrogen-bond acceptors (Lipinski definition) is 3. The average molecular weight is 495 g/mol. The van der Waals surface area contributed by atoms with Crippen molar-refractivity contribution in [2.45, 2.75) is 135 Å². The lowest BCUT2D eigenvalue weighted by Crippen LogP contribution is -2.45. The number of allylic oxidation sites excluding steroid dienone is 1. The number of rotatable bonds is 12. The van der Waals surface area contributed by atoms with Crippen molar-refractivity contribution in [3.8, 4) is 0 Å². The van der Waals surface area contributed by atoms with E-state index >= 15 is 0 Å². The molecule has 1 fully saturated rings. The fraction of sp³-hybridized carbons (Fsp3) is 0.821. The second-order valence-corrected chi connectivity index (χ2v) is 22.6. The molecule has 0 aromatic carbocycles. The number of carbonyl (C=O) groups is 1. The Kier molecular flexibility index (Phi) is 11.1. The van der Waals surface area contributed by atoms with E-state index in [2.05, 4.69) is 93.4 Å². The van der Waals surface area contributed by atoms with Gasteiger partial charge in [-0.15, -0.1) is 6.58 Å². The van der Waals surface area contributed by atoms with Crippen molar-refractivity contribution < 1.29 is 13.6 Å².